The van der Waals surface area contributed by atoms with Gasteiger partial charge in [0.25, 0.3) is 11.8 Å². The average Bonchev–Trinajstić information content (AvgIpc) is 3.29. The summed E-state index contributed by atoms with van der Waals surface area (Å²) < 4.78 is 14.3. The first-order valence-corrected chi connectivity index (χ1v) is 9.54. The number of halogens is 1. The van der Waals surface area contributed by atoms with Gasteiger partial charge in [0, 0.05) is 48.0 Å². The van der Waals surface area contributed by atoms with Gasteiger partial charge < -0.3 is 15.6 Å². The number of nitrogens with zero attached hydrogens (tertiary/aromatic N) is 2. The van der Waals surface area contributed by atoms with Crippen LogP contribution in [0.15, 0.2) is 30.7 Å². The Bertz CT molecular complexity index is 1110. The Hall–Kier alpha value is -3.29. The molecule has 0 bridgehead atoms. The molecule has 0 saturated heterocycles. The van der Waals surface area contributed by atoms with Gasteiger partial charge in [0.1, 0.15) is 11.5 Å². The number of hydrogen-bond acceptors (Lipinski definition) is 4. The van der Waals surface area contributed by atoms with Crippen LogP contribution < -0.4 is 10.6 Å². The van der Waals surface area contributed by atoms with Crippen molar-refractivity contribution in [2.75, 3.05) is 7.05 Å². The Kier molecular flexibility index (Phi) is 4.77. The number of fused-ring (bicyclic) bond motifs is 1. The summed E-state index contributed by atoms with van der Waals surface area (Å²) in [6.07, 6.45) is 5.37. The second-order valence-electron chi connectivity index (χ2n) is 7.55. The zero-order chi connectivity index (χ0) is 20.7. The second-order valence-corrected chi connectivity index (χ2v) is 7.55. The summed E-state index contributed by atoms with van der Waals surface area (Å²) in [5, 5.41) is 5.93. The van der Waals surface area contributed by atoms with E-state index in [1.165, 1.54) is 19.3 Å². The number of amides is 2. The summed E-state index contributed by atoms with van der Waals surface area (Å²) in [5.74, 6) is -0.945. The van der Waals surface area contributed by atoms with E-state index in [0.29, 0.717) is 33.6 Å². The van der Waals surface area contributed by atoms with E-state index in [4.69, 9.17) is 0 Å². The Morgan fingerprint density at radius 2 is 2.03 bits per heavy atom. The lowest BCUT2D eigenvalue weighted by Crippen LogP contribution is -2.28. The van der Waals surface area contributed by atoms with Gasteiger partial charge in [-0.2, -0.15) is 0 Å². The van der Waals surface area contributed by atoms with Gasteiger partial charge in [-0.3, -0.25) is 14.6 Å². The van der Waals surface area contributed by atoms with Gasteiger partial charge in [-0.1, -0.05) is 13.8 Å². The number of aromatic nitrogens is 3. The molecule has 3 heterocycles. The van der Waals surface area contributed by atoms with E-state index in [1.54, 1.807) is 18.5 Å². The lowest BCUT2D eigenvalue weighted by Gasteiger charge is -2.15. The van der Waals surface area contributed by atoms with Crippen molar-refractivity contribution in [3.63, 3.8) is 0 Å². The maximum atomic E-state index is 14.3. The first-order chi connectivity index (χ1) is 13.9. The van der Waals surface area contributed by atoms with Crippen molar-refractivity contribution in [3.8, 4) is 0 Å². The van der Waals surface area contributed by atoms with Gasteiger partial charge in [-0.15, -0.1) is 0 Å². The third kappa shape index (κ3) is 3.57. The monoisotopic (exact) mass is 395 g/mol. The van der Waals surface area contributed by atoms with Crippen LogP contribution in [0, 0.1) is 11.7 Å². The molecule has 0 spiro atoms. The molecule has 3 atom stereocenters. The first-order valence-electron chi connectivity index (χ1n) is 9.54. The van der Waals surface area contributed by atoms with Crippen LogP contribution >= 0.6 is 0 Å². The summed E-state index contributed by atoms with van der Waals surface area (Å²) in [6, 6.07) is 3.29. The molecule has 1 fully saturated rings. The van der Waals surface area contributed by atoms with Crippen molar-refractivity contribution < 1.29 is 14.0 Å². The van der Waals surface area contributed by atoms with Gasteiger partial charge in [-0.25, -0.2) is 9.37 Å². The van der Waals surface area contributed by atoms with Crippen molar-refractivity contribution in [1.29, 1.82) is 0 Å². The van der Waals surface area contributed by atoms with E-state index in [0.717, 1.165) is 6.42 Å². The van der Waals surface area contributed by atoms with E-state index in [1.807, 2.05) is 6.92 Å². The van der Waals surface area contributed by atoms with Crippen LogP contribution in [0.3, 0.4) is 0 Å². The van der Waals surface area contributed by atoms with Gasteiger partial charge >= 0.3 is 0 Å². The number of hydrogen-bond donors (Lipinski definition) is 3. The molecule has 0 radical (unpaired) electrons. The van der Waals surface area contributed by atoms with E-state index < -0.39 is 5.91 Å². The highest BCUT2D eigenvalue weighted by molar-refractivity contribution is 5.99. The van der Waals surface area contributed by atoms with Crippen LogP contribution in [0.1, 0.15) is 58.3 Å². The molecule has 1 aliphatic carbocycles. The number of rotatable bonds is 5. The quantitative estimate of drug-likeness (QED) is 0.618. The zero-order valence-corrected chi connectivity index (χ0v) is 16.4. The summed E-state index contributed by atoms with van der Waals surface area (Å²) in [6.45, 7) is 3.92. The first kappa shape index (κ1) is 19.0. The minimum absolute atomic E-state index is 0.139. The molecule has 8 heteroatoms. The normalized spacial score (nSPS) is 19.0. The third-order valence-corrected chi connectivity index (χ3v) is 5.47. The predicted molar refractivity (Wildman–Crippen MR) is 106 cm³/mol. The third-order valence-electron chi connectivity index (χ3n) is 5.47. The highest BCUT2D eigenvalue weighted by atomic mass is 19.1. The van der Waals surface area contributed by atoms with Gasteiger partial charge in [0.15, 0.2) is 0 Å². The van der Waals surface area contributed by atoms with Crippen LogP contribution in [0.25, 0.3) is 10.9 Å². The van der Waals surface area contributed by atoms with E-state index in [-0.39, 0.29) is 29.4 Å². The molecule has 29 heavy (non-hydrogen) atoms. The number of carbonyl (C=O) groups excluding carboxylic acids is 2. The maximum absolute atomic E-state index is 14.3. The van der Waals surface area contributed by atoms with Crippen molar-refractivity contribution >= 4 is 22.7 Å². The molecule has 1 aliphatic rings. The Labute approximate surface area is 167 Å². The molecule has 1 saturated carbocycles. The Morgan fingerprint density at radius 1 is 1.28 bits per heavy atom. The lowest BCUT2D eigenvalue weighted by molar-refractivity contribution is 0.0949. The van der Waals surface area contributed by atoms with E-state index in [9.17, 15) is 14.0 Å². The van der Waals surface area contributed by atoms with Crippen molar-refractivity contribution in [2.24, 2.45) is 5.92 Å². The predicted octanol–water partition coefficient (Wildman–Crippen LogP) is 2.75. The SMILES string of the molecule is CNC(=O)c1cc(C(=O)N[C@H]2C[C@@H]2C)cc([C@H](C)c2cncc3[nH]cc(F)c23)n1. The van der Waals surface area contributed by atoms with Crippen LogP contribution in [0.5, 0.6) is 0 Å². The molecule has 3 N–H and O–H groups in total. The van der Waals surface area contributed by atoms with Crippen LogP contribution in [-0.2, 0) is 0 Å². The molecule has 3 aromatic heterocycles. The number of H-pyrrole nitrogens is 1. The van der Waals surface area contributed by atoms with Crippen LogP contribution in [-0.4, -0.2) is 39.9 Å². The summed E-state index contributed by atoms with van der Waals surface area (Å²) in [4.78, 5) is 36.4. The molecule has 0 unspecified atom stereocenters. The van der Waals surface area contributed by atoms with Crippen molar-refractivity contribution in [1.82, 2.24) is 25.6 Å². The molecular weight excluding hydrogens is 373 g/mol. The molecule has 150 valence electrons. The van der Waals surface area contributed by atoms with Gasteiger partial charge in [-0.05, 0) is 30.0 Å². The van der Waals surface area contributed by atoms with Crippen LogP contribution in [0.2, 0.25) is 0 Å². The molecule has 7 nitrogen and oxygen atoms in total. The fourth-order valence-electron chi connectivity index (χ4n) is 3.48. The van der Waals surface area contributed by atoms with E-state index in [2.05, 4.69) is 32.5 Å². The molecule has 2 amide bonds. The molecular formula is C21H22FN5O2. The van der Waals surface area contributed by atoms with Gasteiger partial charge in [0.2, 0.25) is 0 Å². The Morgan fingerprint density at radius 3 is 2.72 bits per heavy atom. The molecule has 0 aliphatic heterocycles. The van der Waals surface area contributed by atoms with Crippen molar-refractivity contribution in [2.45, 2.75) is 32.2 Å². The molecule has 4 rings (SSSR count). The summed E-state index contributed by atoms with van der Waals surface area (Å²) >= 11 is 0. The van der Waals surface area contributed by atoms with Crippen LogP contribution in [0.4, 0.5) is 4.39 Å². The summed E-state index contributed by atoms with van der Waals surface area (Å²) in [5.41, 5.74) is 2.20. The zero-order valence-electron chi connectivity index (χ0n) is 16.4. The Balaban J connectivity index is 1.77. The minimum atomic E-state index is -0.392. The second kappa shape index (κ2) is 7.27. The summed E-state index contributed by atoms with van der Waals surface area (Å²) in [7, 11) is 1.51. The largest absolute Gasteiger partial charge is 0.357 e. The van der Waals surface area contributed by atoms with Crippen molar-refractivity contribution in [3.05, 3.63) is 59.1 Å². The number of nitrogens with one attached hydrogen (secondary N) is 3. The number of aromatic amines is 1. The van der Waals surface area contributed by atoms with Gasteiger partial charge in [0.05, 0.1) is 11.7 Å². The fraction of sp³-hybridized carbons (Fsp3) is 0.333. The fourth-order valence-corrected chi connectivity index (χ4v) is 3.48. The lowest BCUT2D eigenvalue weighted by atomic mass is 9.94. The number of carbonyl (C=O) groups is 2. The molecule has 3 aromatic rings. The topological polar surface area (TPSA) is 99.8 Å². The standard InChI is InChI=1S/C21H22FN5O2/c1-10-4-15(10)27-20(28)12-5-16(26-17(6-12)21(29)23-3)11(2)13-7-24-9-18-19(13)14(22)8-25-18/h5-11,15,25H,4H2,1-3H3,(H,23,29)(H,27,28)/t10-,11+,15-/m0/s1. The average molecular weight is 395 g/mol. The maximum Gasteiger partial charge on any atom is 0.269 e. The highest BCUT2D eigenvalue weighted by Gasteiger charge is 2.34. The minimum Gasteiger partial charge on any atom is -0.357 e. The van der Waals surface area contributed by atoms with E-state index >= 15 is 0 Å². The highest BCUT2D eigenvalue weighted by Crippen LogP contribution is 2.32. The smallest absolute Gasteiger partial charge is 0.269 e. The number of pyridine rings is 2. The molecule has 0 aromatic carbocycles.